The fourth-order valence-corrected chi connectivity index (χ4v) is 2.51. The Kier molecular flexibility index (Phi) is 3.85. The van der Waals surface area contributed by atoms with E-state index in [0.29, 0.717) is 22.9 Å². The number of ether oxygens (including phenoxy) is 1. The van der Waals surface area contributed by atoms with Crippen LogP contribution in [-0.4, -0.2) is 26.6 Å². The molecule has 4 aromatic rings. The van der Waals surface area contributed by atoms with Gasteiger partial charge in [0.15, 0.2) is 11.8 Å². The molecule has 0 saturated heterocycles. The largest absolute Gasteiger partial charge is 0.481 e. The van der Waals surface area contributed by atoms with Crippen molar-refractivity contribution in [2.45, 2.75) is 13.0 Å². The first-order valence-electron chi connectivity index (χ1n) is 7.91. The summed E-state index contributed by atoms with van der Waals surface area (Å²) in [5.41, 5.74) is 0.575. The third-order valence-electron chi connectivity index (χ3n) is 3.83. The minimum absolute atomic E-state index is 0.311. The van der Waals surface area contributed by atoms with Crippen LogP contribution in [0, 0.1) is 0 Å². The second-order valence-electron chi connectivity index (χ2n) is 5.66. The number of pyridine rings is 1. The lowest BCUT2D eigenvalue weighted by Gasteiger charge is -2.14. The highest BCUT2D eigenvalue weighted by molar-refractivity contribution is 5.93. The quantitative estimate of drug-likeness (QED) is 0.567. The molecule has 26 heavy (non-hydrogen) atoms. The maximum absolute atomic E-state index is 12.4. The van der Waals surface area contributed by atoms with Crippen LogP contribution in [-0.2, 0) is 4.79 Å². The molecule has 0 radical (unpaired) electrons. The molecule has 1 unspecified atom stereocenters. The summed E-state index contributed by atoms with van der Waals surface area (Å²) in [6.07, 6.45) is 0.959. The number of carbonyl (C=O) groups is 1. The van der Waals surface area contributed by atoms with Crippen molar-refractivity contribution in [2.75, 3.05) is 5.32 Å². The lowest BCUT2D eigenvalue weighted by Crippen LogP contribution is -2.30. The standard InChI is InChI=1S/C18H14N4O4/c1-11(17(24)19-18-21-20-15-4-2-3-9-22(15)18)25-13-7-5-12-6-8-16(23)26-14(12)10-13/h2-11H,1H3,(H,19,21,24). The van der Waals surface area contributed by atoms with E-state index in [9.17, 15) is 9.59 Å². The van der Waals surface area contributed by atoms with Crippen molar-refractivity contribution in [2.24, 2.45) is 0 Å². The van der Waals surface area contributed by atoms with Gasteiger partial charge in [0.1, 0.15) is 11.3 Å². The minimum Gasteiger partial charge on any atom is -0.481 e. The van der Waals surface area contributed by atoms with Crippen molar-refractivity contribution in [1.29, 1.82) is 0 Å². The topological polar surface area (TPSA) is 98.7 Å². The van der Waals surface area contributed by atoms with E-state index in [-0.39, 0.29) is 5.91 Å². The van der Waals surface area contributed by atoms with E-state index in [1.54, 1.807) is 47.9 Å². The Hall–Kier alpha value is -3.68. The lowest BCUT2D eigenvalue weighted by molar-refractivity contribution is -0.122. The molecule has 0 fully saturated rings. The number of benzene rings is 1. The Morgan fingerprint density at radius 1 is 1.19 bits per heavy atom. The Bertz CT molecular complexity index is 1160. The first-order chi connectivity index (χ1) is 12.6. The SMILES string of the molecule is CC(Oc1ccc2ccc(=O)oc2c1)C(=O)Nc1nnc2ccccn12. The number of nitrogens with one attached hydrogen (secondary N) is 1. The molecule has 4 rings (SSSR count). The Morgan fingerprint density at radius 2 is 2.04 bits per heavy atom. The van der Waals surface area contributed by atoms with Crippen molar-refractivity contribution in [3.8, 4) is 5.75 Å². The van der Waals surface area contributed by atoms with Crippen LogP contribution in [0.3, 0.4) is 0 Å². The van der Waals surface area contributed by atoms with Crippen molar-refractivity contribution >= 4 is 28.5 Å². The van der Waals surface area contributed by atoms with Crippen LogP contribution in [0.4, 0.5) is 5.95 Å². The summed E-state index contributed by atoms with van der Waals surface area (Å²) in [4.78, 5) is 23.7. The van der Waals surface area contributed by atoms with Gasteiger partial charge in [-0.25, -0.2) is 4.79 Å². The molecule has 130 valence electrons. The molecule has 0 spiro atoms. The van der Waals surface area contributed by atoms with E-state index in [0.717, 1.165) is 5.39 Å². The highest BCUT2D eigenvalue weighted by atomic mass is 16.5. The molecule has 0 aliphatic heterocycles. The summed E-state index contributed by atoms with van der Waals surface area (Å²) in [5.74, 6) is 0.351. The molecular weight excluding hydrogens is 336 g/mol. The van der Waals surface area contributed by atoms with E-state index in [4.69, 9.17) is 9.15 Å². The van der Waals surface area contributed by atoms with Gasteiger partial charge in [-0.05, 0) is 37.3 Å². The Balaban J connectivity index is 1.51. The van der Waals surface area contributed by atoms with Crippen LogP contribution in [0.15, 0.2) is 63.9 Å². The van der Waals surface area contributed by atoms with Crippen molar-refractivity contribution < 1.29 is 13.9 Å². The molecular formula is C18H14N4O4. The van der Waals surface area contributed by atoms with Crippen molar-refractivity contribution in [3.63, 3.8) is 0 Å². The zero-order chi connectivity index (χ0) is 18.1. The van der Waals surface area contributed by atoms with Gasteiger partial charge in [0, 0.05) is 23.7 Å². The predicted molar refractivity (Wildman–Crippen MR) is 94.2 cm³/mol. The fourth-order valence-electron chi connectivity index (χ4n) is 2.51. The zero-order valence-electron chi connectivity index (χ0n) is 13.7. The van der Waals surface area contributed by atoms with Crippen LogP contribution in [0.5, 0.6) is 5.75 Å². The van der Waals surface area contributed by atoms with Crippen LogP contribution >= 0.6 is 0 Å². The Morgan fingerprint density at radius 3 is 2.92 bits per heavy atom. The number of hydrogen-bond donors (Lipinski definition) is 1. The molecule has 3 aromatic heterocycles. The van der Waals surface area contributed by atoms with Gasteiger partial charge in [0.25, 0.3) is 5.91 Å². The number of nitrogens with zero attached hydrogens (tertiary/aromatic N) is 3. The number of anilines is 1. The molecule has 0 aliphatic carbocycles. The monoisotopic (exact) mass is 350 g/mol. The smallest absolute Gasteiger partial charge is 0.336 e. The molecule has 0 saturated carbocycles. The summed E-state index contributed by atoms with van der Waals surface area (Å²) < 4.78 is 12.4. The van der Waals surface area contributed by atoms with Gasteiger partial charge in [-0.15, -0.1) is 10.2 Å². The molecule has 8 heteroatoms. The first-order valence-corrected chi connectivity index (χ1v) is 7.91. The summed E-state index contributed by atoms with van der Waals surface area (Å²) in [5, 5.41) is 11.4. The second-order valence-corrected chi connectivity index (χ2v) is 5.66. The molecule has 8 nitrogen and oxygen atoms in total. The molecule has 1 aromatic carbocycles. The third kappa shape index (κ3) is 3.00. The lowest BCUT2D eigenvalue weighted by atomic mass is 10.2. The van der Waals surface area contributed by atoms with Gasteiger partial charge in [-0.1, -0.05) is 6.07 Å². The van der Waals surface area contributed by atoms with Gasteiger partial charge in [-0.2, -0.15) is 0 Å². The fraction of sp³-hybridized carbons (Fsp3) is 0.111. The van der Waals surface area contributed by atoms with Gasteiger partial charge in [0.05, 0.1) is 0 Å². The number of fused-ring (bicyclic) bond motifs is 2. The summed E-state index contributed by atoms with van der Waals surface area (Å²) in [6, 6.07) is 13.5. The normalized spacial score (nSPS) is 12.2. The summed E-state index contributed by atoms with van der Waals surface area (Å²) >= 11 is 0. The maximum atomic E-state index is 12.4. The number of aromatic nitrogens is 3. The van der Waals surface area contributed by atoms with Crippen molar-refractivity contribution in [3.05, 3.63) is 65.1 Å². The predicted octanol–water partition coefficient (Wildman–Crippen LogP) is 2.24. The van der Waals surface area contributed by atoms with Crippen molar-refractivity contribution in [1.82, 2.24) is 14.6 Å². The van der Waals surface area contributed by atoms with E-state index in [1.807, 2.05) is 12.1 Å². The number of rotatable bonds is 4. The van der Waals surface area contributed by atoms with E-state index < -0.39 is 11.7 Å². The van der Waals surface area contributed by atoms with E-state index in [2.05, 4.69) is 15.5 Å². The molecule has 0 bridgehead atoms. The van der Waals surface area contributed by atoms with E-state index in [1.165, 1.54) is 6.07 Å². The second kappa shape index (κ2) is 6.32. The third-order valence-corrected chi connectivity index (χ3v) is 3.83. The molecule has 1 N–H and O–H groups in total. The zero-order valence-corrected chi connectivity index (χ0v) is 13.7. The molecule has 3 heterocycles. The van der Waals surface area contributed by atoms with Crippen LogP contribution in [0.2, 0.25) is 0 Å². The van der Waals surface area contributed by atoms with Crippen LogP contribution in [0.1, 0.15) is 6.92 Å². The maximum Gasteiger partial charge on any atom is 0.336 e. The highest BCUT2D eigenvalue weighted by Crippen LogP contribution is 2.20. The summed E-state index contributed by atoms with van der Waals surface area (Å²) in [6.45, 7) is 1.62. The number of hydrogen-bond acceptors (Lipinski definition) is 6. The van der Waals surface area contributed by atoms with Gasteiger partial charge >= 0.3 is 5.63 Å². The molecule has 1 amide bonds. The van der Waals surface area contributed by atoms with Gasteiger partial charge < -0.3 is 9.15 Å². The van der Waals surface area contributed by atoms with Crippen LogP contribution in [0.25, 0.3) is 16.6 Å². The van der Waals surface area contributed by atoms with Gasteiger partial charge in [-0.3, -0.25) is 14.5 Å². The highest BCUT2D eigenvalue weighted by Gasteiger charge is 2.18. The average Bonchev–Trinajstić information content (AvgIpc) is 3.04. The average molecular weight is 350 g/mol. The number of amides is 1. The Labute approximate surface area is 147 Å². The van der Waals surface area contributed by atoms with E-state index >= 15 is 0 Å². The number of carbonyl (C=O) groups excluding carboxylic acids is 1. The first kappa shape index (κ1) is 15.8. The van der Waals surface area contributed by atoms with Gasteiger partial charge in [0.2, 0.25) is 5.95 Å². The molecule has 0 aliphatic rings. The molecule has 1 atom stereocenters. The minimum atomic E-state index is -0.793. The van der Waals surface area contributed by atoms with Crippen LogP contribution < -0.4 is 15.7 Å². The summed E-state index contributed by atoms with van der Waals surface area (Å²) in [7, 11) is 0.